The fourth-order valence-electron chi connectivity index (χ4n) is 2.13. The summed E-state index contributed by atoms with van der Waals surface area (Å²) in [6, 6.07) is 18.5. The molecule has 0 unspecified atom stereocenters. The molecule has 1 heterocycles. The molecule has 3 rings (SSSR count). The molecular formula is C17H14N2O2. The highest BCUT2D eigenvalue weighted by molar-refractivity contribution is 5.63. The first kappa shape index (κ1) is 13.2. The van der Waals surface area contributed by atoms with Crippen molar-refractivity contribution in [3.05, 3.63) is 71.9 Å². The average Bonchev–Trinajstić information content (AvgIpc) is 2.97. The molecule has 0 spiro atoms. The molecule has 3 aromatic rings. The predicted octanol–water partition coefficient (Wildman–Crippen LogP) is 3.07. The van der Waals surface area contributed by atoms with Crippen LogP contribution in [-0.2, 0) is 17.6 Å². The summed E-state index contributed by atoms with van der Waals surface area (Å²) in [4.78, 5) is 10.4. The van der Waals surface area contributed by atoms with E-state index in [1.54, 1.807) is 0 Å². The van der Waals surface area contributed by atoms with Gasteiger partial charge < -0.3 is 9.21 Å². The highest BCUT2D eigenvalue weighted by Crippen LogP contribution is 2.20. The zero-order valence-electron chi connectivity index (χ0n) is 11.4. The molecule has 0 amide bonds. The monoisotopic (exact) mass is 278 g/mol. The molecule has 0 aliphatic carbocycles. The SMILES string of the molecule is O=CCc1nnc(Cc2ccc(-c3ccccc3)cc2)o1. The molecule has 0 N–H and O–H groups in total. The summed E-state index contributed by atoms with van der Waals surface area (Å²) in [5.74, 6) is 0.889. The molecule has 21 heavy (non-hydrogen) atoms. The van der Waals surface area contributed by atoms with Gasteiger partial charge in [0.2, 0.25) is 11.8 Å². The fourth-order valence-corrected chi connectivity index (χ4v) is 2.13. The molecule has 4 nitrogen and oxygen atoms in total. The zero-order chi connectivity index (χ0) is 14.5. The van der Waals surface area contributed by atoms with E-state index in [4.69, 9.17) is 4.42 Å². The lowest BCUT2D eigenvalue weighted by Gasteiger charge is -2.03. The summed E-state index contributed by atoms with van der Waals surface area (Å²) >= 11 is 0. The van der Waals surface area contributed by atoms with Gasteiger partial charge in [0.05, 0.1) is 12.8 Å². The van der Waals surface area contributed by atoms with Gasteiger partial charge >= 0.3 is 0 Å². The van der Waals surface area contributed by atoms with E-state index in [0.717, 1.165) is 11.8 Å². The maximum absolute atomic E-state index is 10.4. The van der Waals surface area contributed by atoms with Crippen molar-refractivity contribution >= 4 is 6.29 Å². The van der Waals surface area contributed by atoms with E-state index in [0.29, 0.717) is 18.2 Å². The van der Waals surface area contributed by atoms with Gasteiger partial charge in [-0.2, -0.15) is 0 Å². The topological polar surface area (TPSA) is 56.0 Å². The van der Waals surface area contributed by atoms with Crippen molar-refractivity contribution in [2.45, 2.75) is 12.8 Å². The van der Waals surface area contributed by atoms with Crippen LogP contribution in [0.25, 0.3) is 11.1 Å². The molecule has 0 aliphatic rings. The molecule has 0 saturated carbocycles. The highest BCUT2D eigenvalue weighted by atomic mass is 16.4. The molecule has 0 aliphatic heterocycles. The smallest absolute Gasteiger partial charge is 0.223 e. The van der Waals surface area contributed by atoms with E-state index >= 15 is 0 Å². The van der Waals surface area contributed by atoms with Gasteiger partial charge in [0.25, 0.3) is 0 Å². The Morgan fingerprint density at radius 1 is 0.857 bits per heavy atom. The Kier molecular flexibility index (Phi) is 3.87. The van der Waals surface area contributed by atoms with Gasteiger partial charge in [-0.1, -0.05) is 54.6 Å². The van der Waals surface area contributed by atoms with E-state index in [-0.39, 0.29) is 6.42 Å². The van der Waals surface area contributed by atoms with Crippen LogP contribution in [0.1, 0.15) is 17.3 Å². The molecule has 0 bridgehead atoms. The minimum atomic E-state index is 0.167. The number of aldehydes is 1. The van der Waals surface area contributed by atoms with Crippen molar-refractivity contribution < 1.29 is 9.21 Å². The van der Waals surface area contributed by atoms with Gasteiger partial charge in [-0.25, -0.2) is 0 Å². The normalized spacial score (nSPS) is 10.5. The van der Waals surface area contributed by atoms with Crippen LogP contribution in [0.15, 0.2) is 59.0 Å². The first-order valence-corrected chi connectivity index (χ1v) is 6.74. The summed E-state index contributed by atoms with van der Waals surface area (Å²) in [6.07, 6.45) is 1.49. The molecule has 2 aromatic carbocycles. The van der Waals surface area contributed by atoms with Crippen LogP contribution >= 0.6 is 0 Å². The van der Waals surface area contributed by atoms with Crippen LogP contribution in [0.5, 0.6) is 0 Å². The van der Waals surface area contributed by atoms with Crippen molar-refractivity contribution in [2.75, 3.05) is 0 Å². The highest BCUT2D eigenvalue weighted by Gasteiger charge is 2.06. The van der Waals surface area contributed by atoms with Gasteiger partial charge in [-0.05, 0) is 16.7 Å². The van der Waals surface area contributed by atoms with Crippen LogP contribution in [0.4, 0.5) is 0 Å². The van der Waals surface area contributed by atoms with Gasteiger partial charge in [0.15, 0.2) is 0 Å². The van der Waals surface area contributed by atoms with Crippen LogP contribution in [0.3, 0.4) is 0 Å². The van der Waals surface area contributed by atoms with Crippen LogP contribution < -0.4 is 0 Å². The summed E-state index contributed by atoms with van der Waals surface area (Å²) in [5, 5.41) is 7.75. The summed E-state index contributed by atoms with van der Waals surface area (Å²) in [6.45, 7) is 0. The van der Waals surface area contributed by atoms with E-state index in [1.165, 1.54) is 11.1 Å². The quantitative estimate of drug-likeness (QED) is 0.673. The number of hydrogen-bond donors (Lipinski definition) is 0. The Labute approximate surface area is 122 Å². The van der Waals surface area contributed by atoms with Crippen LogP contribution in [0.2, 0.25) is 0 Å². The van der Waals surface area contributed by atoms with Gasteiger partial charge in [-0.3, -0.25) is 0 Å². The molecule has 0 fully saturated rings. The molecule has 4 heteroatoms. The third-order valence-electron chi connectivity index (χ3n) is 3.18. The molecule has 1 aromatic heterocycles. The maximum atomic E-state index is 10.4. The van der Waals surface area contributed by atoms with Gasteiger partial charge in [0, 0.05) is 0 Å². The van der Waals surface area contributed by atoms with Crippen LogP contribution in [0, 0.1) is 0 Å². The number of benzene rings is 2. The number of carbonyl (C=O) groups excluding carboxylic acids is 1. The third-order valence-corrected chi connectivity index (χ3v) is 3.18. The van der Waals surface area contributed by atoms with Crippen molar-refractivity contribution in [3.8, 4) is 11.1 Å². The summed E-state index contributed by atoms with van der Waals surface area (Å²) in [5.41, 5.74) is 3.46. The van der Waals surface area contributed by atoms with E-state index in [9.17, 15) is 4.79 Å². The maximum Gasteiger partial charge on any atom is 0.223 e. The van der Waals surface area contributed by atoms with E-state index in [1.807, 2.05) is 30.3 Å². The lowest BCUT2D eigenvalue weighted by molar-refractivity contribution is -0.107. The van der Waals surface area contributed by atoms with E-state index < -0.39 is 0 Å². The molecule has 104 valence electrons. The first-order valence-electron chi connectivity index (χ1n) is 6.74. The Morgan fingerprint density at radius 2 is 1.52 bits per heavy atom. The number of carbonyl (C=O) groups is 1. The summed E-state index contributed by atoms with van der Waals surface area (Å²) in [7, 11) is 0. The second-order valence-corrected chi connectivity index (χ2v) is 4.70. The Morgan fingerprint density at radius 3 is 2.24 bits per heavy atom. The zero-order valence-corrected chi connectivity index (χ0v) is 11.4. The second kappa shape index (κ2) is 6.13. The number of nitrogens with zero attached hydrogens (tertiary/aromatic N) is 2. The number of hydrogen-bond acceptors (Lipinski definition) is 4. The predicted molar refractivity (Wildman–Crippen MR) is 78.8 cm³/mol. The lowest BCUT2D eigenvalue weighted by atomic mass is 10.0. The second-order valence-electron chi connectivity index (χ2n) is 4.70. The average molecular weight is 278 g/mol. The van der Waals surface area contributed by atoms with Gasteiger partial charge in [-0.15, -0.1) is 10.2 Å². The minimum Gasteiger partial charge on any atom is -0.424 e. The largest absolute Gasteiger partial charge is 0.424 e. The molecule has 0 atom stereocenters. The Hall–Kier alpha value is -2.75. The fraction of sp³-hybridized carbons (Fsp3) is 0.118. The Bertz CT molecular complexity index is 718. The molecular weight excluding hydrogens is 264 g/mol. The standard InChI is InChI=1S/C17H14N2O2/c20-11-10-16-18-19-17(21-16)12-13-6-8-15(9-7-13)14-4-2-1-3-5-14/h1-9,11H,10,12H2. The van der Waals surface area contributed by atoms with Crippen molar-refractivity contribution in [2.24, 2.45) is 0 Å². The minimum absolute atomic E-state index is 0.167. The third kappa shape index (κ3) is 3.23. The molecule has 0 radical (unpaired) electrons. The number of aromatic nitrogens is 2. The number of rotatable bonds is 5. The van der Waals surface area contributed by atoms with Crippen molar-refractivity contribution in [3.63, 3.8) is 0 Å². The lowest BCUT2D eigenvalue weighted by Crippen LogP contribution is -1.88. The van der Waals surface area contributed by atoms with Crippen molar-refractivity contribution in [1.29, 1.82) is 0 Å². The van der Waals surface area contributed by atoms with E-state index in [2.05, 4.69) is 34.5 Å². The molecule has 0 saturated heterocycles. The van der Waals surface area contributed by atoms with Crippen molar-refractivity contribution in [1.82, 2.24) is 10.2 Å². The summed E-state index contributed by atoms with van der Waals surface area (Å²) < 4.78 is 5.39. The first-order chi connectivity index (χ1) is 10.3. The van der Waals surface area contributed by atoms with Crippen LogP contribution in [-0.4, -0.2) is 16.5 Å². The Balaban J connectivity index is 1.73. The van der Waals surface area contributed by atoms with Gasteiger partial charge in [0.1, 0.15) is 6.29 Å².